The van der Waals surface area contributed by atoms with Gasteiger partial charge in [-0.1, -0.05) is 11.6 Å². The van der Waals surface area contributed by atoms with Crippen molar-refractivity contribution in [3.8, 4) is 0 Å². The number of nitrogens with zero attached hydrogens (tertiary/aromatic N) is 3. The Labute approximate surface area is 127 Å². The second-order valence-electron chi connectivity index (χ2n) is 5.07. The third kappa shape index (κ3) is 3.31. The highest BCUT2D eigenvalue weighted by Gasteiger charge is 2.32. The molecule has 8 heteroatoms. The molecule has 2 N–H and O–H groups in total. The molecule has 0 radical (unpaired) electrons. The maximum Gasteiger partial charge on any atom is 0.282 e. The minimum Gasteiger partial charge on any atom is -0.332 e. The maximum absolute atomic E-state index is 12.6. The molecule has 7 nitrogen and oxygen atoms in total. The molecule has 1 saturated heterocycles. The van der Waals surface area contributed by atoms with E-state index >= 15 is 0 Å². The van der Waals surface area contributed by atoms with Gasteiger partial charge >= 0.3 is 0 Å². The molecule has 0 bridgehead atoms. The summed E-state index contributed by atoms with van der Waals surface area (Å²) in [6, 6.07) is 3.84. The number of nitrogens with two attached hydrogens (primary N) is 1. The zero-order chi connectivity index (χ0) is 15.6. The molecule has 1 aliphatic rings. The number of benzene rings is 1. The van der Waals surface area contributed by atoms with E-state index in [0.717, 1.165) is 0 Å². The lowest BCUT2D eigenvalue weighted by Crippen LogP contribution is -2.56. The quantitative estimate of drug-likeness (QED) is 0.663. The van der Waals surface area contributed by atoms with Gasteiger partial charge in [-0.3, -0.25) is 14.9 Å². The molecule has 1 aliphatic heterocycles. The lowest BCUT2D eigenvalue weighted by atomic mass is 10.1. The van der Waals surface area contributed by atoms with Gasteiger partial charge in [0.1, 0.15) is 5.56 Å². The predicted molar refractivity (Wildman–Crippen MR) is 79.5 cm³/mol. The van der Waals surface area contributed by atoms with Crippen molar-refractivity contribution in [3.63, 3.8) is 0 Å². The van der Waals surface area contributed by atoms with Crippen LogP contribution < -0.4 is 5.73 Å². The van der Waals surface area contributed by atoms with Crippen LogP contribution >= 0.6 is 11.6 Å². The smallest absolute Gasteiger partial charge is 0.282 e. The zero-order valence-corrected chi connectivity index (χ0v) is 12.4. The van der Waals surface area contributed by atoms with E-state index in [2.05, 4.69) is 4.90 Å². The van der Waals surface area contributed by atoms with E-state index in [4.69, 9.17) is 17.3 Å². The highest BCUT2D eigenvalue weighted by atomic mass is 35.5. The molecule has 1 aromatic rings. The Morgan fingerprint density at radius 3 is 2.86 bits per heavy atom. The molecule has 1 fully saturated rings. The van der Waals surface area contributed by atoms with Crippen molar-refractivity contribution in [3.05, 3.63) is 38.9 Å². The van der Waals surface area contributed by atoms with Gasteiger partial charge in [0.15, 0.2) is 0 Å². The van der Waals surface area contributed by atoms with Gasteiger partial charge in [-0.2, -0.15) is 0 Å². The fraction of sp³-hybridized carbons (Fsp3) is 0.462. The molecule has 0 aromatic heterocycles. The van der Waals surface area contributed by atoms with E-state index < -0.39 is 10.8 Å². The first kappa shape index (κ1) is 15.7. The van der Waals surface area contributed by atoms with E-state index in [9.17, 15) is 14.9 Å². The summed E-state index contributed by atoms with van der Waals surface area (Å²) in [4.78, 5) is 26.8. The Morgan fingerprint density at radius 2 is 2.24 bits per heavy atom. The minimum absolute atomic E-state index is 0.00973. The highest BCUT2D eigenvalue weighted by Crippen LogP contribution is 2.25. The number of nitro groups is 1. The molecule has 21 heavy (non-hydrogen) atoms. The minimum atomic E-state index is -0.572. The molecule has 0 saturated carbocycles. The SMILES string of the molecule is CN1CCN(C(=O)c2cc(Cl)ccc2[N+](=O)[O-])C(CN)C1. The van der Waals surface area contributed by atoms with Gasteiger partial charge in [-0.15, -0.1) is 0 Å². The first-order valence-electron chi connectivity index (χ1n) is 6.57. The van der Waals surface area contributed by atoms with Crippen LogP contribution in [0.2, 0.25) is 5.02 Å². The Morgan fingerprint density at radius 1 is 1.52 bits per heavy atom. The first-order chi connectivity index (χ1) is 9.93. The summed E-state index contributed by atoms with van der Waals surface area (Å²) in [5.41, 5.74) is 5.49. The molecule has 1 unspecified atom stereocenters. The van der Waals surface area contributed by atoms with Gasteiger partial charge < -0.3 is 15.5 Å². The topological polar surface area (TPSA) is 92.7 Å². The van der Waals surface area contributed by atoms with Crippen LogP contribution in [-0.4, -0.2) is 59.9 Å². The Balaban J connectivity index is 2.35. The average molecular weight is 313 g/mol. The molecule has 114 valence electrons. The number of hydrogen-bond donors (Lipinski definition) is 1. The molecule has 2 rings (SSSR count). The normalized spacial score (nSPS) is 19.6. The Bertz CT molecular complexity index is 566. The third-order valence-electron chi connectivity index (χ3n) is 3.60. The number of carbonyl (C=O) groups is 1. The summed E-state index contributed by atoms with van der Waals surface area (Å²) in [5.74, 6) is -0.396. The molecule has 0 aliphatic carbocycles. The third-order valence-corrected chi connectivity index (χ3v) is 3.84. The van der Waals surface area contributed by atoms with E-state index in [1.807, 2.05) is 7.05 Å². The largest absolute Gasteiger partial charge is 0.332 e. The molecule has 0 spiro atoms. The Hall–Kier alpha value is -1.70. The summed E-state index contributed by atoms with van der Waals surface area (Å²) in [7, 11) is 1.95. The van der Waals surface area contributed by atoms with Crippen molar-refractivity contribution in [1.82, 2.24) is 9.80 Å². The molecular formula is C13H17ClN4O3. The maximum atomic E-state index is 12.6. The molecule has 1 aromatic carbocycles. The molecule has 1 amide bonds. The molecule has 1 heterocycles. The van der Waals surface area contributed by atoms with E-state index in [1.54, 1.807) is 4.90 Å². The number of likely N-dealkylation sites (N-methyl/N-ethyl adjacent to an activating group) is 1. The fourth-order valence-corrected chi connectivity index (χ4v) is 2.65. The highest BCUT2D eigenvalue weighted by molar-refractivity contribution is 6.31. The van der Waals surface area contributed by atoms with Crippen LogP contribution in [0.4, 0.5) is 5.69 Å². The van der Waals surface area contributed by atoms with Crippen LogP contribution in [0.15, 0.2) is 18.2 Å². The first-order valence-corrected chi connectivity index (χ1v) is 6.95. The Kier molecular flexibility index (Phi) is 4.76. The lowest BCUT2D eigenvalue weighted by Gasteiger charge is -2.39. The summed E-state index contributed by atoms with van der Waals surface area (Å²) >= 11 is 5.87. The predicted octanol–water partition coefficient (Wildman–Crippen LogP) is 0.963. The average Bonchev–Trinajstić information content (AvgIpc) is 2.45. The van der Waals surface area contributed by atoms with Crippen LogP contribution in [0.5, 0.6) is 0 Å². The molecule has 1 atom stereocenters. The fourth-order valence-electron chi connectivity index (χ4n) is 2.47. The van der Waals surface area contributed by atoms with Crippen LogP contribution in [0, 0.1) is 10.1 Å². The van der Waals surface area contributed by atoms with E-state index in [0.29, 0.717) is 31.2 Å². The van der Waals surface area contributed by atoms with Gasteiger partial charge in [-0.25, -0.2) is 0 Å². The number of hydrogen-bond acceptors (Lipinski definition) is 5. The van der Waals surface area contributed by atoms with Gasteiger partial charge in [0, 0.05) is 37.3 Å². The van der Waals surface area contributed by atoms with Crippen molar-refractivity contribution >= 4 is 23.2 Å². The van der Waals surface area contributed by atoms with Crippen molar-refractivity contribution in [1.29, 1.82) is 0 Å². The van der Waals surface area contributed by atoms with Crippen molar-refractivity contribution in [2.24, 2.45) is 5.73 Å². The van der Waals surface area contributed by atoms with Crippen LogP contribution in [0.1, 0.15) is 10.4 Å². The van der Waals surface area contributed by atoms with Gasteiger partial charge in [0.05, 0.1) is 11.0 Å². The van der Waals surface area contributed by atoms with Gasteiger partial charge in [0.2, 0.25) is 0 Å². The van der Waals surface area contributed by atoms with Crippen LogP contribution in [0.3, 0.4) is 0 Å². The van der Waals surface area contributed by atoms with Gasteiger partial charge in [-0.05, 0) is 19.2 Å². The summed E-state index contributed by atoms with van der Waals surface area (Å²) in [6.07, 6.45) is 0. The van der Waals surface area contributed by atoms with E-state index in [1.165, 1.54) is 18.2 Å². The van der Waals surface area contributed by atoms with Crippen LogP contribution in [0.25, 0.3) is 0 Å². The number of rotatable bonds is 3. The number of piperazine rings is 1. The standard InChI is InChI=1S/C13H17ClN4O3/c1-16-4-5-17(10(7-15)8-16)13(19)11-6-9(14)2-3-12(11)18(20)21/h2-3,6,10H,4-5,7-8,15H2,1H3. The van der Waals surface area contributed by atoms with Crippen molar-refractivity contribution in [2.75, 3.05) is 33.2 Å². The number of carbonyl (C=O) groups excluding carboxylic acids is 1. The monoisotopic (exact) mass is 312 g/mol. The summed E-state index contributed by atoms with van der Waals surface area (Å²) in [5, 5.41) is 11.4. The van der Waals surface area contributed by atoms with Crippen molar-refractivity contribution < 1.29 is 9.72 Å². The second-order valence-corrected chi connectivity index (χ2v) is 5.51. The second kappa shape index (κ2) is 6.38. The zero-order valence-electron chi connectivity index (χ0n) is 11.7. The van der Waals surface area contributed by atoms with E-state index in [-0.39, 0.29) is 17.3 Å². The summed E-state index contributed by atoms with van der Waals surface area (Å²) in [6.45, 7) is 2.15. The van der Waals surface area contributed by atoms with Gasteiger partial charge in [0.25, 0.3) is 11.6 Å². The lowest BCUT2D eigenvalue weighted by molar-refractivity contribution is -0.385. The summed E-state index contributed by atoms with van der Waals surface area (Å²) < 4.78 is 0. The number of halogens is 1. The molecular weight excluding hydrogens is 296 g/mol. The number of nitro benzene ring substituents is 1. The number of amides is 1. The van der Waals surface area contributed by atoms with Crippen molar-refractivity contribution in [2.45, 2.75) is 6.04 Å². The van der Waals surface area contributed by atoms with Crippen LogP contribution in [-0.2, 0) is 0 Å².